The molecule has 108 valence electrons. The van der Waals surface area contributed by atoms with Gasteiger partial charge in [0, 0.05) is 17.5 Å². The molecule has 0 aliphatic heterocycles. The van der Waals surface area contributed by atoms with E-state index in [1.54, 1.807) is 11.3 Å². The van der Waals surface area contributed by atoms with E-state index in [1.165, 1.54) is 15.6 Å². The molecule has 1 nitrogen and oxygen atoms in total. The van der Waals surface area contributed by atoms with E-state index in [0.717, 1.165) is 10.9 Å². The van der Waals surface area contributed by atoms with Crippen molar-refractivity contribution < 1.29 is 0 Å². The van der Waals surface area contributed by atoms with Crippen LogP contribution in [0.25, 0.3) is 0 Å². The number of hydrogen-bond donors (Lipinski definition) is 1. The molecule has 1 aromatic heterocycles. The molecule has 1 aromatic carbocycles. The van der Waals surface area contributed by atoms with Gasteiger partial charge in [-0.15, -0.1) is 11.3 Å². The van der Waals surface area contributed by atoms with Gasteiger partial charge in [-0.05, 0) is 24.6 Å². The highest BCUT2D eigenvalue weighted by atomic mass is 35.5. The lowest BCUT2D eigenvalue weighted by Crippen LogP contribution is -2.37. The van der Waals surface area contributed by atoms with E-state index < -0.39 is 8.07 Å². The van der Waals surface area contributed by atoms with Gasteiger partial charge in [0.05, 0.1) is 12.4 Å². The maximum absolute atomic E-state index is 5.98. The van der Waals surface area contributed by atoms with Gasteiger partial charge in [-0.3, -0.25) is 0 Å². The Morgan fingerprint density at radius 1 is 1.10 bits per heavy atom. The Balaban J connectivity index is 1.94. The third-order valence-electron chi connectivity index (χ3n) is 3.45. The summed E-state index contributed by atoms with van der Waals surface area (Å²) in [6.45, 7) is 10.2. The summed E-state index contributed by atoms with van der Waals surface area (Å²) >= 11 is 7.62. The van der Waals surface area contributed by atoms with E-state index >= 15 is 0 Å². The van der Waals surface area contributed by atoms with Gasteiger partial charge in [-0.2, -0.15) is 0 Å². The summed E-state index contributed by atoms with van der Waals surface area (Å²) in [5.41, 5.74) is 1.33. The van der Waals surface area contributed by atoms with Crippen LogP contribution in [0.15, 0.2) is 36.4 Å². The zero-order chi connectivity index (χ0) is 14.8. The summed E-state index contributed by atoms with van der Waals surface area (Å²) in [6.07, 6.45) is 0. The van der Waals surface area contributed by atoms with Crippen LogP contribution in [0.5, 0.6) is 0 Å². The Labute approximate surface area is 132 Å². The van der Waals surface area contributed by atoms with Crippen molar-refractivity contribution in [3.63, 3.8) is 0 Å². The normalized spacial score (nSPS) is 13.4. The number of rotatable bonds is 5. The van der Waals surface area contributed by atoms with Crippen molar-refractivity contribution in [1.29, 1.82) is 0 Å². The van der Waals surface area contributed by atoms with Gasteiger partial charge in [0.15, 0.2) is 0 Å². The fourth-order valence-corrected chi connectivity index (χ4v) is 4.31. The highest BCUT2D eigenvalue weighted by molar-refractivity contribution is 7.16. The Morgan fingerprint density at radius 2 is 1.75 bits per heavy atom. The van der Waals surface area contributed by atoms with E-state index in [2.05, 4.69) is 62.2 Å². The molecular formula is C16H22ClNSSi. The van der Waals surface area contributed by atoms with Gasteiger partial charge >= 0.3 is 0 Å². The second-order valence-corrected chi connectivity index (χ2v) is 13.0. The molecule has 1 N–H and O–H groups in total. The summed E-state index contributed by atoms with van der Waals surface area (Å²) in [4.78, 5) is 1.29. The summed E-state index contributed by atoms with van der Waals surface area (Å²) in [6, 6.07) is 13.5. The first kappa shape index (κ1) is 15.8. The molecule has 0 saturated carbocycles. The van der Waals surface area contributed by atoms with Gasteiger partial charge in [0.2, 0.25) is 0 Å². The molecule has 0 radical (unpaired) electrons. The minimum Gasteiger partial charge on any atom is -0.305 e. The maximum Gasteiger partial charge on any atom is 0.0931 e. The topological polar surface area (TPSA) is 12.0 Å². The van der Waals surface area contributed by atoms with Crippen molar-refractivity contribution in [3.8, 4) is 0 Å². The van der Waals surface area contributed by atoms with E-state index in [9.17, 15) is 0 Å². The lowest BCUT2D eigenvalue weighted by Gasteiger charge is -2.17. The molecule has 0 amide bonds. The fourth-order valence-electron chi connectivity index (χ4n) is 2.06. The molecule has 0 fully saturated rings. The van der Waals surface area contributed by atoms with E-state index in [-0.39, 0.29) is 0 Å². The quantitative estimate of drug-likeness (QED) is 0.779. The zero-order valence-corrected chi connectivity index (χ0v) is 15.1. The number of halogens is 1. The SMILES string of the molecule is CC(NCc1ccc([Si](C)(C)C)cc1)c1ccc(Cl)s1. The van der Waals surface area contributed by atoms with Crippen molar-refractivity contribution in [1.82, 2.24) is 5.32 Å². The highest BCUT2D eigenvalue weighted by Crippen LogP contribution is 2.26. The Hall–Kier alpha value is -0.613. The highest BCUT2D eigenvalue weighted by Gasteiger charge is 2.15. The van der Waals surface area contributed by atoms with E-state index in [4.69, 9.17) is 11.6 Å². The molecule has 1 heterocycles. The van der Waals surface area contributed by atoms with Gasteiger partial charge in [-0.1, -0.05) is 60.7 Å². The van der Waals surface area contributed by atoms with Crippen LogP contribution in [0.3, 0.4) is 0 Å². The lowest BCUT2D eigenvalue weighted by atomic mass is 10.2. The monoisotopic (exact) mass is 323 g/mol. The predicted octanol–water partition coefficient (Wildman–Crippen LogP) is 4.80. The third-order valence-corrected chi connectivity index (χ3v) is 6.93. The van der Waals surface area contributed by atoms with Crippen molar-refractivity contribution >= 4 is 36.2 Å². The number of thiophene rings is 1. The minimum absolute atomic E-state index is 0.337. The predicted molar refractivity (Wildman–Crippen MR) is 94.0 cm³/mol. The molecule has 2 rings (SSSR count). The fraction of sp³-hybridized carbons (Fsp3) is 0.375. The average Bonchev–Trinajstić information content (AvgIpc) is 2.82. The average molecular weight is 324 g/mol. The molecule has 0 saturated heterocycles. The Bertz CT molecular complexity index is 557. The second-order valence-electron chi connectivity index (χ2n) is 6.19. The van der Waals surface area contributed by atoms with Gasteiger partial charge < -0.3 is 5.32 Å². The standard InChI is InChI=1S/C16H22ClNSSi/c1-12(15-9-10-16(17)19-15)18-11-13-5-7-14(8-6-13)20(2,3)4/h5-10,12,18H,11H2,1-4H3. The summed E-state index contributed by atoms with van der Waals surface area (Å²) in [7, 11) is -1.18. The van der Waals surface area contributed by atoms with Crippen molar-refractivity contribution in [2.24, 2.45) is 0 Å². The third kappa shape index (κ3) is 4.19. The van der Waals surface area contributed by atoms with Crippen LogP contribution in [-0.2, 0) is 6.54 Å². The maximum atomic E-state index is 5.98. The van der Waals surface area contributed by atoms with E-state index in [0.29, 0.717) is 6.04 Å². The summed E-state index contributed by atoms with van der Waals surface area (Å²) in [5, 5.41) is 5.06. The molecule has 1 atom stereocenters. The van der Waals surface area contributed by atoms with Gasteiger partial charge in [0.1, 0.15) is 0 Å². The van der Waals surface area contributed by atoms with Crippen LogP contribution in [0.1, 0.15) is 23.4 Å². The zero-order valence-electron chi connectivity index (χ0n) is 12.5. The molecule has 20 heavy (non-hydrogen) atoms. The van der Waals surface area contributed by atoms with Crippen LogP contribution in [0.2, 0.25) is 24.0 Å². The largest absolute Gasteiger partial charge is 0.305 e. The van der Waals surface area contributed by atoms with Crippen LogP contribution in [-0.4, -0.2) is 8.07 Å². The Morgan fingerprint density at radius 3 is 2.25 bits per heavy atom. The number of hydrogen-bond acceptors (Lipinski definition) is 2. The summed E-state index contributed by atoms with van der Waals surface area (Å²) < 4.78 is 0.855. The first-order valence-electron chi connectivity index (χ1n) is 6.94. The summed E-state index contributed by atoms with van der Waals surface area (Å²) in [5.74, 6) is 0. The molecule has 0 aliphatic rings. The van der Waals surface area contributed by atoms with Gasteiger partial charge in [-0.25, -0.2) is 0 Å². The first-order chi connectivity index (χ1) is 9.36. The number of nitrogens with one attached hydrogen (secondary N) is 1. The molecule has 0 aliphatic carbocycles. The Kier molecular flexibility index (Phi) is 5.08. The molecule has 4 heteroatoms. The van der Waals surface area contributed by atoms with Crippen molar-refractivity contribution in [2.45, 2.75) is 39.2 Å². The van der Waals surface area contributed by atoms with Crippen LogP contribution >= 0.6 is 22.9 Å². The smallest absolute Gasteiger partial charge is 0.0931 e. The van der Waals surface area contributed by atoms with Crippen molar-refractivity contribution in [2.75, 3.05) is 0 Å². The molecular weight excluding hydrogens is 302 g/mol. The van der Waals surface area contributed by atoms with Crippen molar-refractivity contribution in [3.05, 3.63) is 51.2 Å². The van der Waals surface area contributed by atoms with Crippen LogP contribution in [0, 0.1) is 0 Å². The minimum atomic E-state index is -1.18. The van der Waals surface area contributed by atoms with Crippen LogP contribution in [0.4, 0.5) is 0 Å². The van der Waals surface area contributed by atoms with Gasteiger partial charge in [0.25, 0.3) is 0 Å². The molecule has 2 aromatic rings. The second kappa shape index (κ2) is 6.44. The van der Waals surface area contributed by atoms with E-state index in [1.807, 2.05) is 6.07 Å². The van der Waals surface area contributed by atoms with Crippen LogP contribution < -0.4 is 10.5 Å². The number of benzene rings is 1. The lowest BCUT2D eigenvalue weighted by molar-refractivity contribution is 0.583. The first-order valence-corrected chi connectivity index (χ1v) is 11.6. The molecule has 1 unspecified atom stereocenters. The molecule has 0 spiro atoms. The molecule has 0 bridgehead atoms.